The lowest BCUT2D eigenvalue weighted by molar-refractivity contribution is 0.415. The highest BCUT2D eigenvalue weighted by Gasteiger charge is 2.05. The highest BCUT2D eigenvalue weighted by molar-refractivity contribution is 5.60. The summed E-state index contributed by atoms with van der Waals surface area (Å²) in [7, 11) is 1.67. The molecule has 0 aliphatic rings. The van der Waals surface area contributed by atoms with Crippen LogP contribution in [-0.2, 0) is 0 Å². The summed E-state index contributed by atoms with van der Waals surface area (Å²) in [5.41, 5.74) is 4.35. The van der Waals surface area contributed by atoms with Gasteiger partial charge in [-0.3, -0.25) is 0 Å². The third-order valence-corrected chi connectivity index (χ3v) is 3.34. The van der Waals surface area contributed by atoms with Gasteiger partial charge in [-0.1, -0.05) is 18.2 Å². The lowest BCUT2D eigenvalue weighted by Gasteiger charge is -2.05. The molecular weight excluding hydrogens is 248 g/mol. The monoisotopic (exact) mass is 264 g/mol. The Labute approximate surface area is 118 Å². The summed E-state index contributed by atoms with van der Waals surface area (Å²) in [6.45, 7) is 2.09. The van der Waals surface area contributed by atoms with Gasteiger partial charge in [0, 0.05) is 11.8 Å². The van der Waals surface area contributed by atoms with E-state index in [1.165, 1.54) is 5.56 Å². The first-order valence-corrected chi connectivity index (χ1v) is 6.54. The zero-order valence-electron chi connectivity index (χ0n) is 11.6. The zero-order valence-corrected chi connectivity index (χ0v) is 11.6. The van der Waals surface area contributed by atoms with Gasteiger partial charge in [0.2, 0.25) is 0 Å². The Balaban J connectivity index is 1.95. The number of rotatable bonds is 3. The quantitative estimate of drug-likeness (QED) is 0.718. The maximum absolute atomic E-state index is 5.17. The number of hydrogen-bond acceptors (Lipinski definition) is 2. The van der Waals surface area contributed by atoms with Crippen LogP contribution in [0.15, 0.2) is 60.8 Å². The Morgan fingerprint density at radius 1 is 0.950 bits per heavy atom. The van der Waals surface area contributed by atoms with Crippen LogP contribution in [0.3, 0.4) is 0 Å². The molecule has 0 spiro atoms. The van der Waals surface area contributed by atoms with Crippen molar-refractivity contribution >= 4 is 0 Å². The van der Waals surface area contributed by atoms with Crippen LogP contribution in [0.1, 0.15) is 5.56 Å². The minimum Gasteiger partial charge on any atom is -0.497 e. The molecule has 1 heterocycles. The number of para-hydroxylation sites is 1. The fourth-order valence-corrected chi connectivity index (χ4v) is 2.19. The fourth-order valence-electron chi connectivity index (χ4n) is 2.19. The largest absolute Gasteiger partial charge is 0.497 e. The second kappa shape index (κ2) is 5.21. The van der Waals surface area contributed by atoms with Crippen molar-refractivity contribution in [3.63, 3.8) is 0 Å². The molecule has 20 heavy (non-hydrogen) atoms. The molecule has 0 atom stereocenters. The molecule has 0 saturated carbocycles. The van der Waals surface area contributed by atoms with E-state index in [0.29, 0.717) is 0 Å². The van der Waals surface area contributed by atoms with E-state index < -0.39 is 0 Å². The molecule has 3 heteroatoms. The average molecular weight is 264 g/mol. The number of aryl methyl sites for hydroxylation is 1. The molecule has 0 aliphatic heterocycles. The number of benzene rings is 2. The van der Waals surface area contributed by atoms with Gasteiger partial charge in [0.05, 0.1) is 18.5 Å². The highest BCUT2D eigenvalue weighted by atomic mass is 16.5. The first-order valence-electron chi connectivity index (χ1n) is 6.54. The van der Waals surface area contributed by atoms with Crippen LogP contribution in [0.25, 0.3) is 16.9 Å². The Hall–Kier alpha value is -2.55. The van der Waals surface area contributed by atoms with E-state index >= 15 is 0 Å². The maximum atomic E-state index is 5.17. The molecule has 1 aromatic heterocycles. The third kappa shape index (κ3) is 2.30. The van der Waals surface area contributed by atoms with Gasteiger partial charge in [0.25, 0.3) is 0 Å². The second-order valence-corrected chi connectivity index (χ2v) is 4.66. The molecule has 0 bridgehead atoms. The van der Waals surface area contributed by atoms with Crippen molar-refractivity contribution in [3.8, 4) is 22.7 Å². The minimum atomic E-state index is 0.854. The van der Waals surface area contributed by atoms with Crippen LogP contribution in [0.4, 0.5) is 0 Å². The van der Waals surface area contributed by atoms with Gasteiger partial charge >= 0.3 is 0 Å². The van der Waals surface area contributed by atoms with Crippen molar-refractivity contribution in [2.75, 3.05) is 7.11 Å². The number of nitrogens with zero attached hydrogens (tertiary/aromatic N) is 2. The first kappa shape index (κ1) is 12.5. The summed E-state index contributed by atoms with van der Waals surface area (Å²) in [4.78, 5) is 0. The molecule has 2 aromatic carbocycles. The lowest BCUT2D eigenvalue weighted by atomic mass is 10.1. The van der Waals surface area contributed by atoms with Crippen LogP contribution in [0, 0.1) is 6.92 Å². The van der Waals surface area contributed by atoms with E-state index in [4.69, 9.17) is 4.74 Å². The molecule has 0 radical (unpaired) electrons. The van der Waals surface area contributed by atoms with Gasteiger partial charge < -0.3 is 4.74 Å². The van der Waals surface area contributed by atoms with Crippen molar-refractivity contribution < 1.29 is 4.74 Å². The Morgan fingerprint density at radius 3 is 2.40 bits per heavy atom. The molecule has 3 nitrogen and oxygen atoms in total. The summed E-state index contributed by atoms with van der Waals surface area (Å²) >= 11 is 0. The number of aromatic nitrogens is 2. The lowest BCUT2D eigenvalue weighted by Crippen LogP contribution is -1.97. The van der Waals surface area contributed by atoms with E-state index in [9.17, 15) is 0 Å². The molecule has 3 aromatic rings. The van der Waals surface area contributed by atoms with Gasteiger partial charge in [0.1, 0.15) is 5.75 Å². The summed E-state index contributed by atoms with van der Waals surface area (Å²) in [5.74, 6) is 0.854. The number of ether oxygens (including phenoxy) is 1. The van der Waals surface area contributed by atoms with E-state index in [0.717, 1.165) is 22.7 Å². The van der Waals surface area contributed by atoms with Crippen LogP contribution in [0.5, 0.6) is 5.75 Å². The minimum absolute atomic E-state index is 0.854. The van der Waals surface area contributed by atoms with E-state index in [1.807, 2.05) is 53.3 Å². The molecular formula is C17H16N2O. The fraction of sp³-hybridized carbons (Fsp3) is 0.118. The molecule has 0 N–H and O–H groups in total. The molecule has 0 fully saturated rings. The number of methoxy groups -OCH3 is 1. The third-order valence-electron chi connectivity index (χ3n) is 3.34. The predicted molar refractivity (Wildman–Crippen MR) is 80.3 cm³/mol. The molecule has 0 saturated heterocycles. The second-order valence-electron chi connectivity index (χ2n) is 4.66. The standard InChI is InChI=1S/C17H16N2O/c1-13-5-3-4-6-17(13)19-12-11-16(18-19)14-7-9-15(20-2)10-8-14/h3-12H,1-2H3. The number of hydrogen-bond donors (Lipinski definition) is 0. The van der Waals surface area contributed by atoms with Gasteiger partial charge in [0.15, 0.2) is 0 Å². The smallest absolute Gasteiger partial charge is 0.118 e. The van der Waals surface area contributed by atoms with Crippen molar-refractivity contribution in [1.82, 2.24) is 9.78 Å². The van der Waals surface area contributed by atoms with Gasteiger partial charge in [-0.15, -0.1) is 0 Å². The van der Waals surface area contributed by atoms with Gasteiger partial charge in [-0.25, -0.2) is 4.68 Å². The zero-order chi connectivity index (χ0) is 13.9. The molecule has 0 amide bonds. The van der Waals surface area contributed by atoms with Gasteiger partial charge in [-0.2, -0.15) is 5.10 Å². The predicted octanol–water partition coefficient (Wildman–Crippen LogP) is 3.86. The van der Waals surface area contributed by atoms with E-state index in [2.05, 4.69) is 24.2 Å². The molecule has 3 rings (SSSR count). The van der Waals surface area contributed by atoms with Crippen molar-refractivity contribution in [2.24, 2.45) is 0 Å². The summed E-state index contributed by atoms with van der Waals surface area (Å²) in [6, 6.07) is 18.2. The van der Waals surface area contributed by atoms with Crippen molar-refractivity contribution in [1.29, 1.82) is 0 Å². The first-order chi connectivity index (χ1) is 9.78. The molecule has 0 unspecified atom stereocenters. The SMILES string of the molecule is COc1ccc(-c2ccn(-c3ccccc3C)n2)cc1. The summed E-state index contributed by atoms with van der Waals surface area (Å²) < 4.78 is 7.08. The topological polar surface area (TPSA) is 27.1 Å². The summed E-state index contributed by atoms with van der Waals surface area (Å²) in [6.07, 6.45) is 1.99. The van der Waals surface area contributed by atoms with E-state index in [1.54, 1.807) is 7.11 Å². The highest BCUT2D eigenvalue weighted by Crippen LogP contribution is 2.22. The Kier molecular flexibility index (Phi) is 3.25. The van der Waals surface area contributed by atoms with Crippen LogP contribution in [0.2, 0.25) is 0 Å². The van der Waals surface area contributed by atoms with Gasteiger partial charge in [-0.05, 0) is 48.9 Å². The summed E-state index contributed by atoms with van der Waals surface area (Å²) in [5, 5.41) is 4.64. The van der Waals surface area contributed by atoms with E-state index in [-0.39, 0.29) is 0 Å². The normalized spacial score (nSPS) is 10.5. The Bertz CT molecular complexity index is 714. The van der Waals surface area contributed by atoms with Crippen molar-refractivity contribution in [2.45, 2.75) is 6.92 Å². The molecule has 0 aliphatic carbocycles. The van der Waals surface area contributed by atoms with Crippen LogP contribution >= 0.6 is 0 Å². The van der Waals surface area contributed by atoms with Crippen LogP contribution < -0.4 is 4.74 Å². The van der Waals surface area contributed by atoms with Crippen molar-refractivity contribution in [3.05, 3.63) is 66.4 Å². The average Bonchev–Trinajstić information content (AvgIpc) is 2.97. The molecule has 100 valence electrons. The maximum Gasteiger partial charge on any atom is 0.118 e. The Morgan fingerprint density at radius 2 is 1.70 bits per heavy atom. The van der Waals surface area contributed by atoms with Crippen LogP contribution in [-0.4, -0.2) is 16.9 Å².